The number of allylic oxidation sites excluding steroid dienone is 1. The highest BCUT2D eigenvalue weighted by molar-refractivity contribution is 9.10. The second-order valence-corrected chi connectivity index (χ2v) is 5.08. The van der Waals surface area contributed by atoms with E-state index in [9.17, 15) is 5.11 Å². The average molecular weight is 308 g/mol. The van der Waals surface area contributed by atoms with E-state index < -0.39 is 0 Å². The summed E-state index contributed by atoms with van der Waals surface area (Å²) in [6.07, 6.45) is 0. The summed E-state index contributed by atoms with van der Waals surface area (Å²) in [7, 11) is 0. The summed E-state index contributed by atoms with van der Waals surface area (Å²) >= 11 is 3.44. The molecule has 1 aromatic carbocycles. The highest BCUT2D eigenvalue weighted by Crippen LogP contribution is 2.25. The number of halogens is 1. The second-order valence-electron chi connectivity index (χ2n) is 4.17. The lowest BCUT2D eigenvalue weighted by Gasteiger charge is -2.08. The van der Waals surface area contributed by atoms with Crippen LogP contribution in [0.2, 0.25) is 0 Å². The minimum Gasteiger partial charge on any atom is -0.390 e. The third-order valence-electron chi connectivity index (χ3n) is 2.47. The van der Waals surface area contributed by atoms with Crippen LogP contribution in [-0.2, 0) is 13.2 Å². The molecule has 1 N–H and O–H groups in total. The molecule has 0 unspecified atom stereocenters. The van der Waals surface area contributed by atoms with Gasteiger partial charge in [-0.2, -0.15) is 0 Å². The van der Waals surface area contributed by atoms with E-state index in [1.54, 1.807) is 4.68 Å². The molecule has 0 saturated heterocycles. The maximum atomic E-state index is 9.35. The molecule has 1 aromatic heterocycles. The van der Waals surface area contributed by atoms with Gasteiger partial charge in [-0.15, -0.1) is 5.10 Å². The van der Waals surface area contributed by atoms with E-state index in [1.165, 1.54) is 0 Å². The van der Waals surface area contributed by atoms with E-state index in [1.807, 2.05) is 31.2 Å². The first kappa shape index (κ1) is 13.0. The van der Waals surface area contributed by atoms with E-state index >= 15 is 0 Å². The summed E-state index contributed by atoms with van der Waals surface area (Å²) < 4.78 is 2.74. The van der Waals surface area contributed by atoms with Gasteiger partial charge >= 0.3 is 0 Å². The summed E-state index contributed by atoms with van der Waals surface area (Å²) in [5, 5.41) is 17.4. The molecule has 2 rings (SSSR count). The Bertz CT molecular complexity index is 577. The minimum absolute atomic E-state index is 0.127. The molecule has 2 aromatic rings. The number of nitrogens with zero attached hydrogens (tertiary/aromatic N) is 3. The van der Waals surface area contributed by atoms with Crippen molar-refractivity contribution in [2.45, 2.75) is 20.1 Å². The van der Waals surface area contributed by atoms with Crippen LogP contribution < -0.4 is 0 Å². The zero-order valence-electron chi connectivity index (χ0n) is 10.1. The van der Waals surface area contributed by atoms with Gasteiger partial charge in [0.25, 0.3) is 0 Å². The lowest BCUT2D eigenvalue weighted by Crippen LogP contribution is -2.03. The lowest BCUT2D eigenvalue weighted by molar-refractivity contribution is 0.277. The van der Waals surface area contributed by atoms with Crippen molar-refractivity contribution in [2.75, 3.05) is 0 Å². The first-order valence-electron chi connectivity index (χ1n) is 5.55. The van der Waals surface area contributed by atoms with Crippen LogP contribution in [-0.4, -0.2) is 20.1 Å². The number of aromatic nitrogens is 3. The van der Waals surface area contributed by atoms with Gasteiger partial charge in [0.05, 0.1) is 18.8 Å². The predicted molar refractivity (Wildman–Crippen MR) is 73.9 cm³/mol. The quantitative estimate of drug-likeness (QED) is 0.884. The summed E-state index contributed by atoms with van der Waals surface area (Å²) in [5.74, 6) is 0. The Morgan fingerprint density at radius 2 is 2.28 bits per heavy atom. The van der Waals surface area contributed by atoms with Crippen LogP contribution in [0.4, 0.5) is 0 Å². The third-order valence-corrected chi connectivity index (χ3v) is 2.97. The Labute approximate surface area is 114 Å². The van der Waals surface area contributed by atoms with Crippen molar-refractivity contribution in [2.24, 2.45) is 0 Å². The number of benzene rings is 1. The summed E-state index contributed by atoms with van der Waals surface area (Å²) in [6, 6.07) is 7.85. The van der Waals surface area contributed by atoms with Crippen molar-refractivity contribution < 1.29 is 5.11 Å². The molecule has 0 bridgehead atoms. The maximum absolute atomic E-state index is 9.35. The minimum atomic E-state index is -0.127. The normalized spacial score (nSPS) is 10.6. The van der Waals surface area contributed by atoms with Crippen LogP contribution in [0.3, 0.4) is 0 Å². The Morgan fingerprint density at radius 3 is 2.89 bits per heavy atom. The third kappa shape index (κ3) is 2.68. The zero-order valence-corrected chi connectivity index (χ0v) is 11.7. The Balaban J connectivity index is 2.53. The van der Waals surface area contributed by atoms with Crippen LogP contribution in [0, 0.1) is 0 Å². The Morgan fingerprint density at radius 1 is 1.50 bits per heavy atom. The van der Waals surface area contributed by atoms with Crippen molar-refractivity contribution in [3.05, 3.63) is 46.6 Å². The summed E-state index contributed by atoms with van der Waals surface area (Å²) in [5.41, 5.74) is 3.37. The molecule has 0 fully saturated rings. The van der Waals surface area contributed by atoms with Gasteiger partial charge in [-0.05, 0) is 19.1 Å². The molecule has 0 aliphatic carbocycles. The number of rotatable bonds is 4. The Kier molecular flexibility index (Phi) is 3.93. The van der Waals surface area contributed by atoms with Gasteiger partial charge < -0.3 is 5.11 Å². The molecular formula is C13H14BrN3O. The van der Waals surface area contributed by atoms with Gasteiger partial charge in [0.15, 0.2) is 0 Å². The second kappa shape index (κ2) is 5.46. The molecule has 0 atom stereocenters. The number of aliphatic hydroxyl groups excluding tert-OH is 1. The molecule has 5 heteroatoms. The van der Waals surface area contributed by atoms with Crippen LogP contribution in [0.1, 0.15) is 12.6 Å². The average Bonchev–Trinajstić information content (AvgIpc) is 2.71. The monoisotopic (exact) mass is 307 g/mol. The van der Waals surface area contributed by atoms with E-state index in [2.05, 4.69) is 32.8 Å². The van der Waals surface area contributed by atoms with Gasteiger partial charge in [-0.25, -0.2) is 4.68 Å². The predicted octanol–water partition coefficient (Wildman–Crippen LogP) is 2.78. The molecule has 0 spiro atoms. The first-order chi connectivity index (χ1) is 8.61. The molecule has 0 aliphatic rings. The van der Waals surface area contributed by atoms with Gasteiger partial charge in [0.1, 0.15) is 5.69 Å². The fourth-order valence-electron chi connectivity index (χ4n) is 1.77. The van der Waals surface area contributed by atoms with E-state index in [0.29, 0.717) is 12.2 Å². The molecule has 18 heavy (non-hydrogen) atoms. The van der Waals surface area contributed by atoms with Crippen LogP contribution in [0.5, 0.6) is 0 Å². The number of aliphatic hydroxyl groups is 1. The molecule has 0 saturated carbocycles. The molecule has 4 nitrogen and oxygen atoms in total. The van der Waals surface area contributed by atoms with Gasteiger partial charge in [0.2, 0.25) is 0 Å². The van der Waals surface area contributed by atoms with E-state index in [4.69, 9.17) is 0 Å². The van der Waals surface area contributed by atoms with Crippen molar-refractivity contribution in [1.82, 2.24) is 15.0 Å². The SMILES string of the molecule is C=C(C)Cn1nnc(CO)c1-c1cccc(Br)c1. The maximum Gasteiger partial charge on any atom is 0.116 e. The lowest BCUT2D eigenvalue weighted by atomic mass is 10.1. The van der Waals surface area contributed by atoms with Crippen LogP contribution in [0.15, 0.2) is 40.9 Å². The van der Waals surface area contributed by atoms with Crippen molar-refractivity contribution in [3.63, 3.8) is 0 Å². The summed E-state index contributed by atoms with van der Waals surface area (Å²) in [6.45, 7) is 6.28. The summed E-state index contributed by atoms with van der Waals surface area (Å²) in [4.78, 5) is 0. The Hall–Kier alpha value is -1.46. The zero-order chi connectivity index (χ0) is 13.1. The molecule has 1 heterocycles. The number of hydrogen-bond acceptors (Lipinski definition) is 3. The highest BCUT2D eigenvalue weighted by atomic mass is 79.9. The topological polar surface area (TPSA) is 50.9 Å². The molecule has 0 amide bonds. The van der Waals surface area contributed by atoms with E-state index in [-0.39, 0.29) is 6.61 Å². The molecule has 0 aliphatic heterocycles. The largest absolute Gasteiger partial charge is 0.390 e. The van der Waals surface area contributed by atoms with Gasteiger partial charge in [0, 0.05) is 10.0 Å². The van der Waals surface area contributed by atoms with Crippen molar-refractivity contribution >= 4 is 15.9 Å². The fraction of sp³-hybridized carbons (Fsp3) is 0.231. The van der Waals surface area contributed by atoms with E-state index in [0.717, 1.165) is 21.3 Å². The smallest absolute Gasteiger partial charge is 0.116 e. The standard InChI is InChI=1S/C13H14BrN3O/c1-9(2)7-17-13(12(8-18)15-16-17)10-4-3-5-11(14)6-10/h3-6,18H,1,7-8H2,2H3. The highest BCUT2D eigenvalue weighted by Gasteiger charge is 2.14. The number of hydrogen-bond donors (Lipinski definition) is 1. The van der Waals surface area contributed by atoms with Crippen LogP contribution >= 0.6 is 15.9 Å². The molecular weight excluding hydrogens is 294 g/mol. The fourth-order valence-corrected chi connectivity index (χ4v) is 2.17. The first-order valence-corrected chi connectivity index (χ1v) is 6.34. The van der Waals surface area contributed by atoms with Crippen molar-refractivity contribution in [3.8, 4) is 11.3 Å². The molecule has 0 radical (unpaired) electrons. The van der Waals surface area contributed by atoms with Crippen molar-refractivity contribution in [1.29, 1.82) is 0 Å². The molecule has 94 valence electrons. The van der Waals surface area contributed by atoms with Gasteiger partial charge in [-0.3, -0.25) is 0 Å². The van der Waals surface area contributed by atoms with Crippen LogP contribution in [0.25, 0.3) is 11.3 Å². The van der Waals surface area contributed by atoms with Gasteiger partial charge in [-0.1, -0.05) is 45.4 Å².